The summed E-state index contributed by atoms with van der Waals surface area (Å²) in [7, 11) is 0. The molecule has 1 fully saturated rings. The van der Waals surface area contributed by atoms with E-state index in [9.17, 15) is 4.79 Å². The van der Waals surface area contributed by atoms with Crippen molar-refractivity contribution in [3.8, 4) is 0 Å². The van der Waals surface area contributed by atoms with Crippen molar-refractivity contribution >= 4 is 6.03 Å². The van der Waals surface area contributed by atoms with Gasteiger partial charge >= 0.3 is 6.03 Å². The van der Waals surface area contributed by atoms with Crippen LogP contribution in [0.1, 0.15) is 36.3 Å². The number of carbonyl (C=O) groups is 1. The van der Waals surface area contributed by atoms with E-state index in [1.165, 1.54) is 11.1 Å². The van der Waals surface area contributed by atoms with E-state index in [1.807, 2.05) is 21.8 Å². The predicted octanol–water partition coefficient (Wildman–Crippen LogP) is 3.17. The number of nitrogens with one attached hydrogen (secondary N) is 1. The molecule has 1 aromatic carbocycles. The molecule has 2 heterocycles. The van der Waals surface area contributed by atoms with Crippen molar-refractivity contribution in [1.82, 2.24) is 20.0 Å². The van der Waals surface area contributed by atoms with Gasteiger partial charge in [-0.1, -0.05) is 29.8 Å². The van der Waals surface area contributed by atoms with Crippen molar-refractivity contribution in [1.29, 1.82) is 0 Å². The van der Waals surface area contributed by atoms with Crippen LogP contribution in [0, 0.1) is 6.92 Å². The minimum Gasteiger partial charge on any atom is -0.338 e. The third-order valence-corrected chi connectivity index (χ3v) is 4.62. The highest BCUT2D eigenvalue weighted by Gasteiger charge is 2.24. The van der Waals surface area contributed by atoms with Crippen LogP contribution in [0.5, 0.6) is 0 Å². The minimum atomic E-state index is 0.0628. The smallest absolute Gasteiger partial charge is 0.317 e. The summed E-state index contributed by atoms with van der Waals surface area (Å²) in [5.41, 5.74) is 2.64. The highest BCUT2D eigenvalue weighted by Crippen LogP contribution is 2.27. The summed E-state index contributed by atoms with van der Waals surface area (Å²) < 4.78 is 1.89. The maximum Gasteiger partial charge on any atom is 0.317 e. The Balaban J connectivity index is 1.46. The molecule has 1 unspecified atom stereocenters. The zero-order valence-corrected chi connectivity index (χ0v) is 14.3. The van der Waals surface area contributed by atoms with Crippen molar-refractivity contribution in [3.63, 3.8) is 0 Å². The number of rotatable bonds is 5. The van der Waals surface area contributed by atoms with Crippen LogP contribution < -0.4 is 5.32 Å². The van der Waals surface area contributed by atoms with Crippen LogP contribution in [-0.4, -0.2) is 40.3 Å². The first-order chi connectivity index (χ1) is 11.7. The molecule has 24 heavy (non-hydrogen) atoms. The van der Waals surface area contributed by atoms with Gasteiger partial charge in [-0.25, -0.2) is 4.79 Å². The van der Waals surface area contributed by atoms with Crippen molar-refractivity contribution in [2.45, 2.75) is 38.6 Å². The van der Waals surface area contributed by atoms with Crippen molar-refractivity contribution in [2.75, 3.05) is 19.6 Å². The Morgan fingerprint density at radius 3 is 3.08 bits per heavy atom. The van der Waals surface area contributed by atoms with Gasteiger partial charge in [-0.3, -0.25) is 4.68 Å². The third-order valence-electron chi connectivity index (χ3n) is 4.62. The number of aromatic nitrogens is 2. The Morgan fingerprint density at radius 2 is 2.29 bits per heavy atom. The maximum absolute atomic E-state index is 12.4. The van der Waals surface area contributed by atoms with Crippen LogP contribution in [0.25, 0.3) is 0 Å². The average Bonchev–Trinajstić information content (AvgIpc) is 3.12. The van der Waals surface area contributed by atoms with Crippen LogP contribution in [0.15, 0.2) is 42.7 Å². The quantitative estimate of drug-likeness (QED) is 0.858. The molecule has 1 aliphatic rings. The number of nitrogens with zero attached hydrogens (tertiary/aromatic N) is 3. The molecule has 1 N–H and O–H groups in total. The number of urea groups is 1. The van der Waals surface area contributed by atoms with Crippen LogP contribution >= 0.6 is 0 Å². The van der Waals surface area contributed by atoms with Gasteiger partial charge < -0.3 is 10.2 Å². The molecule has 0 spiro atoms. The molecule has 0 aliphatic carbocycles. The summed E-state index contributed by atoms with van der Waals surface area (Å²) in [6.45, 7) is 5.31. The van der Waals surface area contributed by atoms with E-state index in [4.69, 9.17) is 0 Å². The molecule has 1 aromatic heterocycles. The summed E-state index contributed by atoms with van der Waals surface area (Å²) in [6, 6.07) is 10.6. The summed E-state index contributed by atoms with van der Waals surface area (Å²) in [4.78, 5) is 14.4. The number of benzene rings is 1. The molecule has 1 atom stereocenters. The highest BCUT2D eigenvalue weighted by molar-refractivity contribution is 5.74. The molecular weight excluding hydrogens is 300 g/mol. The molecule has 0 saturated carbocycles. The van der Waals surface area contributed by atoms with E-state index in [1.54, 1.807) is 6.20 Å². The lowest BCUT2D eigenvalue weighted by Gasteiger charge is -2.33. The summed E-state index contributed by atoms with van der Waals surface area (Å²) >= 11 is 0. The van der Waals surface area contributed by atoms with E-state index >= 15 is 0 Å². The number of aryl methyl sites for hydroxylation is 2. The maximum atomic E-state index is 12.4. The SMILES string of the molecule is Cc1cccc(C2CCCN(C(=O)NCCCn3cccn3)C2)c1. The second-order valence-corrected chi connectivity index (χ2v) is 6.55. The summed E-state index contributed by atoms with van der Waals surface area (Å²) in [5.74, 6) is 0.452. The standard InChI is InChI=1S/C19H26N4O/c1-16-6-2-7-17(14-16)18-8-3-11-22(15-18)19(24)20-9-4-12-23-13-5-10-21-23/h2,5-7,10,13-14,18H,3-4,8-9,11-12,15H2,1H3,(H,20,24). The van der Waals surface area contributed by atoms with Gasteiger partial charge in [0.25, 0.3) is 0 Å². The number of amides is 2. The van der Waals surface area contributed by atoms with E-state index < -0.39 is 0 Å². The van der Waals surface area contributed by atoms with E-state index in [0.29, 0.717) is 12.5 Å². The molecule has 2 aromatic rings. The number of hydrogen-bond donors (Lipinski definition) is 1. The Morgan fingerprint density at radius 1 is 1.38 bits per heavy atom. The molecule has 1 saturated heterocycles. The highest BCUT2D eigenvalue weighted by atomic mass is 16.2. The third kappa shape index (κ3) is 4.37. The molecule has 5 heteroatoms. The normalized spacial score (nSPS) is 17.7. The lowest BCUT2D eigenvalue weighted by molar-refractivity contribution is 0.179. The van der Waals surface area contributed by atoms with Gasteiger partial charge in [-0.2, -0.15) is 5.10 Å². The van der Waals surface area contributed by atoms with Gasteiger partial charge in [0.05, 0.1) is 0 Å². The fourth-order valence-corrected chi connectivity index (χ4v) is 3.34. The van der Waals surface area contributed by atoms with Gasteiger partial charge in [0.2, 0.25) is 0 Å². The van der Waals surface area contributed by atoms with Gasteiger partial charge in [0.1, 0.15) is 0 Å². The zero-order valence-electron chi connectivity index (χ0n) is 14.3. The predicted molar refractivity (Wildman–Crippen MR) is 95.0 cm³/mol. The molecule has 1 aliphatic heterocycles. The number of hydrogen-bond acceptors (Lipinski definition) is 2. The van der Waals surface area contributed by atoms with Gasteiger partial charge in [0, 0.05) is 44.5 Å². The lowest BCUT2D eigenvalue weighted by atomic mass is 9.90. The lowest BCUT2D eigenvalue weighted by Crippen LogP contribution is -2.45. The van der Waals surface area contributed by atoms with Crippen molar-refractivity contribution in [3.05, 3.63) is 53.9 Å². The largest absolute Gasteiger partial charge is 0.338 e. The first kappa shape index (κ1) is 16.6. The number of carbonyl (C=O) groups excluding carboxylic acids is 1. The van der Waals surface area contributed by atoms with Crippen molar-refractivity contribution < 1.29 is 4.79 Å². The van der Waals surface area contributed by atoms with Crippen LogP contribution in [0.2, 0.25) is 0 Å². The van der Waals surface area contributed by atoms with Gasteiger partial charge in [-0.15, -0.1) is 0 Å². The number of likely N-dealkylation sites (tertiary alicyclic amines) is 1. The monoisotopic (exact) mass is 326 g/mol. The first-order valence-corrected chi connectivity index (χ1v) is 8.79. The molecule has 2 amide bonds. The molecule has 3 rings (SSSR count). The van der Waals surface area contributed by atoms with Gasteiger partial charge in [0.15, 0.2) is 0 Å². The van der Waals surface area contributed by atoms with Crippen LogP contribution in [-0.2, 0) is 6.54 Å². The fraction of sp³-hybridized carbons (Fsp3) is 0.474. The van der Waals surface area contributed by atoms with Crippen LogP contribution in [0.3, 0.4) is 0 Å². The Kier molecular flexibility index (Phi) is 5.51. The molecule has 0 radical (unpaired) electrons. The minimum absolute atomic E-state index is 0.0628. The summed E-state index contributed by atoms with van der Waals surface area (Å²) in [6.07, 6.45) is 6.84. The van der Waals surface area contributed by atoms with E-state index in [-0.39, 0.29) is 6.03 Å². The Labute approximate surface area is 143 Å². The second-order valence-electron chi connectivity index (χ2n) is 6.55. The second kappa shape index (κ2) is 7.99. The molecule has 5 nitrogen and oxygen atoms in total. The van der Waals surface area contributed by atoms with E-state index in [0.717, 1.165) is 38.9 Å². The fourth-order valence-electron chi connectivity index (χ4n) is 3.34. The van der Waals surface area contributed by atoms with Crippen LogP contribution in [0.4, 0.5) is 4.79 Å². The van der Waals surface area contributed by atoms with Crippen molar-refractivity contribution in [2.24, 2.45) is 0 Å². The summed E-state index contributed by atoms with van der Waals surface area (Å²) in [5, 5.41) is 7.21. The first-order valence-electron chi connectivity index (χ1n) is 8.79. The molecule has 0 bridgehead atoms. The average molecular weight is 326 g/mol. The molecule has 128 valence electrons. The Bertz CT molecular complexity index is 653. The zero-order chi connectivity index (χ0) is 16.8. The molecular formula is C19H26N4O. The number of piperidine rings is 1. The topological polar surface area (TPSA) is 50.2 Å². The Hall–Kier alpha value is -2.30. The van der Waals surface area contributed by atoms with E-state index in [2.05, 4.69) is 41.6 Å². The van der Waals surface area contributed by atoms with Gasteiger partial charge in [-0.05, 0) is 37.8 Å².